The van der Waals surface area contributed by atoms with E-state index in [1.165, 1.54) is 0 Å². The molecule has 0 aromatic heterocycles. The van der Waals surface area contributed by atoms with Crippen LogP contribution in [-0.2, 0) is 0 Å². The molecule has 0 spiro atoms. The summed E-state index contributed by atoms with van der Waals surface area (Å²) in [7, 11) is 1.61. The second-order valence-electron chi connectivity index (χ2n) is 3.08. The van der Waals surface area contributed by atoms with Gasteiger partial charge in [0.05, 0.1) is 13.3 Å². The van der Waals surface area contributed by atoms with Crippen LogP contribution < -0.4 is 15.9 Å². The Balaban J connectivity index is 2.98. The molecule has 0 saturated carbocycles. The van der Waals surface area contributed by atoms with Gasteiger partial charge in [0, 0.05) is 10.0 Å². The van der Waals surface area contributed by atoms with Gasteiger partial charge < -0.3 is 10.5 Å². The van der Waals surface area contributed by atoms with Crippen molar-refractivity contribution >= 4 is 39.5 Å². The molecule has 16 heavy (non-hydrogen) atoms. The zero-order chi connectivity index (χ0) is 12.1. The Hall–Kier alpha value is -1.14. The van der Waals surface area contributed by atoms with E-state index in [0.29, 0.717) is 0 Å². The van der Waals surface area contributed by atoms with Crippen LogP contribution in [0.5, 0.6) is 5.75 Å². The average Bonchev–Trinajstić information content (AvgIpc) is 2.22. The van der Waals surface area contributed by atoms with Gasteiger partial charge in [-0.3, -0.25) is 5.43 Å². The molecule has 1 aromatic carbocycles. The Bertz CT molecular complexity index is 434. The number of halogens is 1. The van der Waals surface area contributed by atoms with Crippen molar-refractivity contribution in [3.63, 3.8) is 0 Å². The largest absolute Gasteiger partial charge is 0.496 e. The van der Waals surface area contributed by atoms with E-state index in [9.17, 15) is 0 Å². The molecule has 0 atom stereocenters. The number of nitrogens with one attached hydrogen (secondary N) is 1. The minimum Gasteiger partial charge on any atom is -0.496 e. The molecule has 1 aromatic rings. The summed E-state index contributed by atoms with van der Waals surface area (Å²) in [6, 6.07) is 3.84. The first-order valence-electron chi connectivity index (χ1n) is 4.47. The van der Waals surface area contributed by atoms with E-state index in [2.05, 4.69) is 38.7 Å². The molecule has 86 valence electrons. The quantitative estimate of drug-likeness (QED) is 0.509. The molecular formula is C10H12BrN3OS. The summed E-state index contributed by atoms with van der Waals surface area (Å²) < 4.78 is 6.23. The van der Waals surface area contributed by atoms with Crippen LogP contribution in [0.15, 0.2) is 21.7 Å². The number of hydrazone groups is 1. The summed E-state index contributed by atoms with van der Waals surface area (Å²) >= 11 is 8.07. The van der Waals surface area contributed by atoms with Crippen LogP contribution in [-0.4, -0.2) is 18.4 Å². The van der Waals surface area contributed by atoms with Crippen molar-refractivity contribution in [1.82, 2.24) is 5.43 Å². The molecule has 4 nitrogen and oxygen atoms in total. The van der Waals surface area contributed by atoms with Crippen molar-refractivity contribution in [3.8, 4) is 5.75 Å². The Labute approximate surface area is 108 Å². The molecule has 0 amide bonds. The first-order chi connectivity index (χ1) is 7.54. The third kappa shape index (κ3) is 3.46. The number of aryl methyl sites for hydroxylation is 1. The minimum absolute atomic E-state index is 0.126. The van der Waals surface area contributed by atoms with E-state index in [-0.39, 0.29) is 5.11 Å². The lowest BCUT2D eigenvalue weighted by atomic mass is 10.1. The van der Waals surface area contributed by atoms with E-state index in [4.69, 9.17) is 10.5 Å². The van der Waals surface area contributed by atoms with E-state index in [1.807, 2.05) is 19.1 Å². The molecule has 0 heterocycles. The number of benzene rings is 1. The van der Waals surface area contributed by atoms with Crippen LogP contribution in [0.2, 0.25) is 0 Å². The van der Waals surface area contributed by atoms with Gasteiger partial charge in [-0.1, -0.05) is 15.9 Å². The molecule has 0 unspecified atom stereocenters. The number of hydrogen-bond donors (Lipinski definition) is 2. The Morgan fingerprint density at radius 3 is 2.88 bits per heavy atom. The van der Waals surface area contributed by atoms with Crippen LogP contribution in [0.25, 0.3) is 0 Å². The van der Waals surface area contributed by atoms with Crippen molar-refractivity contribution in [2.45, 2.75) is 6.92 Å². The summed E-state index contributed by atoms with van der Waals surface area (Å²) in [5.41, 5.74) is 9.67. The van der Waals surface area contributed by atoms with Gasteiger partial charge in [0.1, 0.15) is 5.75 Å². The molecule has 6 heteroatoms. The van der Waals surface area contributed by atoms with Crippen LogP contribution in [0.3, 0.4) is 0 Å². The lowest BCUT2D eigenvalue weighted by Crippen LogP contribution is -2.24. The maximum absolute atomic E-state index is 5.25. The van der Waals surface area contributed by atoms with Crippen molar-refractivity contribution < 1.29 is 4.74 Å². The Kier molecular flexibility index (Phi) is 4.70. The van der Waals surface area contributed by atoms with Crippen molar-refractivity contribution in [1.29, 1.82) is 0 Å². The lowest BCUT2D eigenvalue weighted by Gasteiger charge is -2.07. The van der Waals surface area contributed by atoms with E-state index in [1.54, 1.807) is 13.3 Å². The fourth-order valence-electron chi connectivity index (χ4n) is 1.11. The van der Waals surface area contributed by atoms with E-state index >= 15 is 0 Å². The molecule has 0 fully saturated rings. The van der Waals surface area contributed by atoms with Crippen molar-refractivity contribution in [2.75, 3.05) is 7.11 Å². The second kappa shape index (κ2) is 5.81. The topological polar surface area (TPSA) is 59.6 Å². The van der Waals surface area contributed by atoms with Gasteiger partial charge >= 0.3 is 0 Å². The zero-order valence-corrected chi connectivity index (χ0v) is 11.4. The molecule has 0 aliphatic carbocycles. The van der Waals surface area contributed by atoms with E-state index < -0.39 is 0 Å². The smallest absolute Gasteiger partial charge is 0.184 e. The molecular weight excluding hydrogens is 290 g/mol. The van der Waals surface area contributed by atoms with Crippen LogP contribution in [0, 0.1) is 6.92 Å². The maximum atomic E-state index is 5.25. The average molecular weight is 302 g/mol. The number of nitrogens with zero attached hydrogens (tertiary/aromatic N) is 1. The first-order valence-corrected chi connectivity index (χ1v) is 5.67. The Morgan fingerprint density at radius 2 is 2.31 bits per heavy atom. The molecule has 0 aliphatic rings. The Morgan fingerprint density at radius 1 is 1.62 bits per heavy atom. The highest BCUT2D eigenvalue weighted by molar-refractivity contribution is 9.10. The predicted molar refractivity (Wildman–Crippen MR) is 72.9 cm³/mol. The fourth-order valence-corrected chi connectivity index (χ4v) is 1.53. The number of methoxy groups -OCH3 is 1. The highest BCUT2D eigenvalue weighted by Gasteiger charge is 2.04. The standard InChI is InChI=1S/C10H12BrN3OS/c1-6-3-9(15-2)7(4-8(6)11)5-13-14-10(12)16/h3-5H,1-2H3,(H3,12,14,16). The fraction of sp³-hybridized carbons (Fsp3) is 0.200. The monoisotopic (exact) mass is 301 g/mol. The minimum atomic E-state index is 0.126. The zero-order valence-electron chi connectivity index (χ0n) is 8.95. The molecule has 0 radical (unpaired) electrons. The number of nitrogens with two attached hydrogens (primary N) is 1. The van der Waals surface area contributed by atoms with Crippen molar-refractivity contribution in [3.05, 3.63) is 27.7 Å². The summed E-state index contributed by atoms with van der Waals surface area (Å²) in [5, 5.41) is 4.00. The predicted octanol–water partition coefficient (Wildman–Crippen LogP) is 1.93. The molecule has 0 bridgehead atoms. The normalized spacial score (nSPS) is 10.4. The number of ether oxygens (including phenoxy) is 1. The van der Waals surface area contributed by atoms with Crippen LogP contribution in [0.4, 0.5) is 0 Å². The summed E-state index contributed by atoms with van der Waals surface area (Å²) in [6.45, 7) is 1.99. The van der Waals surface area contributed by atoms with Crippen molar-refractivity contribution in [2.24, 2.45) is 10.8 Å². The summed E-state index contributed by atoms with van der Waals surface area (Å²) in [5.74, 6) is 0.745. The SMILES string of the molecule is COc1cc(C)c(Br)cc1C=NNC(N)=S. The summed E-state index contributed by atoms with van der Waals surface area (Å²) in [6.07, 6.45) is 1.60. The molecule has 0 aliphatic heterocycles. The van der Waals surface area contributed by atoms with Gasteiger partial charge in [-0.25, -0.2) is 0 Å². The number of rotatable bonds is 3. The van der Waals surface area contributed by atoms with Gasteiger partial charge in [0.2, 0.25) is 0 Å². The maximum Gasteiger partial charge on any atom is 0.184 e. The highest BCUT2D eigenvalue weighted by atomic mass is 79.9. The highest BCUT2D eigenvalue weighted by Crippen LogP contribution is 2.25. The van der Waals surface area contributed by atoms with Crippen LogP contribution in [0.1, 0.15) is 11.1 Å². The molecule has 0 saturated heterocycles. The van der Waals surface area contributed by atoms with E-state index in [0.717, 1.165) is 21.3 Å². The third-order valence-corrected chi connectivity index (χ3v) is 2.83. The van der Waals surface area contributed by atoms with Gasteiger partial charge in [-0.05, 0) is 36.8 Å². The molecule has 1 rings (SSSR count). The van der Waals surface area contributed by atoms with Gasteiger partial charge in [-0.2, -0.15) is 5.10 Å². The van der Waals surface area contributed by atoms with Gasteiger partial charge in [-0.15, -0.1) is 0 Å². The second-order valence-corrected chi connectivity index (χ2v) is 4.37. The van der Waals surface area contributed by atoms with Gasteiger partial charge in [0.15, 0.2) is 5.11 Å². The van der Waals surface area contributed by atoms with Crippen LogP contribution >= 0.6 is 28.1 Å². The lowest BCUT2D eigenvalue weighted by molar-refractivity contribution is 0.413. The molecule has 3 N–H and O–H groups in total. The number of thiocarbonyl (C=S) groups is 1. The van der Waals surface area contributed by atoms with Gasteiger partial charge in [0.25, 0.3) is 0 Å². The third-order valence-electron chi connectivity index (χ3n) is 1.89. The number of hydrogen-bond acceptors (Lipinski definition) is 3. The summed E-state index contributed by atoms with van der Waals surface area (Å²) in [4.78, 5) is 0. The first kappa shape index (κ1) is 12.9.